The van der Waals surface area contributed by atoms with Crippen LogP contribution in [0, 0.1) is 5.82 Å². The highest BCUT2D eigenvalue weighted by Gasteiger charge is 2.21. The van der Waals surface area contributed by atoms with Crippen LogP contribution in [0.25, 0.3) is 22.5 Å². The lowest BCUT2D eigenvalue weighted by Crippen LogP contribution is -2.21. The van der Waals surface area contributed by atoms with Crippen LogP contribution >= 0.6 is 0 Å². The molecule has 31 heavy (non-hydrogen) atoms. The lowest BCUT2D eigenvalue weighted by atomic mass is 10.1. The molecule has 158 valence electrons. The minimum absolute atomic E-state index is 0.0159. The zero-order chi connectivity index (χ0) is 22.0. The third kappa shape index (κ3) is 4.30. The van der Waals surface area contributed by atoms with Crippen molar-refractivity contribution < 1.29 is 23.1 Å². The van der Waals surface area contributed by atoms with E-state index in [1.807, 2.05) is 13.8 Å². The summed E-state index contributed by atoms with van der Waals surface area (Å²) in [5, 5.41) is 7.37. The maximum Gasteiger partial charge on any atom is 0.339 e. The van der Waals surface area contributed by atoms with Crippen molar-refractivity contribution in [3.05, 3.63) is 66.3 Å². The van der Waals surface area contributed by atoms with Gasteiger partial charge in [-0.1, -0.05) is 0 Å². The summed E-state index contributed by atoms with van der Waals surface area (Å²) in [4.78, 5) is 29.5. The Hall–Kier alpha value is -4.01. The number of nitrogens with one attached hydrogen (secondary N) is 1. The molecule has 1 aromatic carbocycles. The molecule has 0 radical (unpaired) electrons. The van der Waals surface area contributed by atoms with Gasteiger partial charge in [0.25, 0.3) is 5.91 Å². The van der Waals surface area contributed by atoms with Gasteiger partial charge in [-0.2, -0.15) is 5.10 Å². The SMILES string of the molecule is CC(C)n1ncc2c(C(=O)OCC(=O)Nc3ccc(F)cc3)cc(-c3ccco3)nc21. The zero-order valence-corrected chi connectivity index (χ0v) is 16.8. The van der Waals surface area contributed by atoms with Gasteiger partial charge in [-0.05, 0) is 56.3 Å². The molecule has 0 aliphatic heterocycles. The summed E-state index contributed by atoms with van der Waals surface area (Å²) >= 11 is 0. The number of carbonyl (C=O) groups is 2. The second kappa shape index (κ2) is 8.39. The van der Waals surface area contributed by atoms with Crippen molar-refractivity contribution >= 4 is 28.6 Å². The van der Waals surface area contributed by atoms with Crippen molar-refractivity contribution in [2.45, 2.75) is 19.9 Å². The number of esters is 1. The Kier molecular flexibility index (Phi) is 5.48. The highest BCUT2D eigenvalue weighted by atomic mass is 19.1. The molecular formula is C22H19FN4O4. The van der Waals surface area contributed by atoms with Crippen LogP contribution < -0.4 is 5.32 Å². The molecule has 0 atom stereocenters. The van der Waals surface area contributed by atoms with Gasteiger partial charge in [0.05, 0.1) is 23.4 Å². The Labute approximate surface area is 176 Å². The van der Waals surface area contributed by atoms with E-state index in [1.165, 1.54) is 30.5 Å². The minimum atomic E-state index is -0.697. The normalized spacial score (nSPS) is 11.1. The molecule has 0 saturated heterocycles. The van der Waals surface area contributed by atoms with Crippen LogP contribution in [0.15, 0.2) is 59.3 Å². The Morgan fingerprint density at radius 2 is 2.00 bits per heavy atom. The first kappa shape index (κ1) is 20.3. The second-order valence-electron chi connectivity index (χ2n) is 7.08. The second-order valence-corrected chi connectivity index (χ2v) is 7.08. The van der Waals surface area contributed by atoms with Crippen molar-refractivity contribution in [2.24, 2.45) is 0 Å². The number of hydrogen-bond acceptors (Lipinski definition) is 6. The van der Waals surface area contributed by atoms with E-state index in [-0.39, 0.29) is 11.6 Å². The molecule has 0 unspecified atom stereocenters. The van der Waals surface area contributed by atoms with Gasteiger partial charge in [-0.3, -0.25) is 4.79 Å². The predicted octanol–water partition coefficient (Wildman–Crippen LogP) is 4.21. The summed E-state index contributed by atoms with van der Waals surface area (Å²) < 4.78 is 25.3. The molecule has 0 aliphatic carbocycles. The van der Waals surface area contributed by atoms with Crippen LogP contribution in [-0.2, 0) is 9.53 Å². The predicted molar refractivity (Wildman–Crippen MR) is 111 cm³/mol. The quantitative estimate of drug-likeness (QED) is 0.468. The Morgan fingerprint density at radius 1 is 1.23 bits per heavy atom. The summed E-state index contributed by atoms with van der Waals surface area (Å²) in [5.41, 5.74) is 1.57. The third-order valence-corrected chi connectivity index (χ3v) is 4.51. The van der Waals surface area contributed by atoms with Crippen molar-refractivity contribution in [3.63, 3.8) is 0 Å². The molecule has 3 heterocycles. The summed E-state index contributed by atoms with van der Waals surface area (Å²) in [6, 6.07) is 10.3. The average Bonchev–Trinajstić information content (AvgIpc) is 3.43. The van der Waals surface area contributed by atoms with Gasteiger partial charge in [0.2, 0.25) is 0 Å². The maximum absolute atomic E-state index is 13.0. The molecule has 4 rings (SSSR count). The highest BCUT2D eigenvalue weighted by molar-refractivity contribution is 6.04. The average molecular weight is 422 g/mol. The topological polar surface area (TPSA) is 99.2 Å². The summed E-state index contributed by atoms with van der Waals surface area (Å²) in [6.45, 7) is 3.39. The molecular weight excluding hydrogens is 403 g/mol. The number of benzene rings is 1. The van der Waals surface area contributed by atoms with E-state index >= 15 is 0 Å². The first-order valence-electron chi connectivity index (χ1n) is 9.57. The van der Waals surface area contributed by atoms with Crippen molar-refractivity contribution in [1.29, 1.82) is 0 Å². The summed E-state index contributed by atoms with van der Waals surface area (Å²) in [6.07, 6.45) is 3.06. The van der Waals surface area contributed by atoms with Crippen LogP contribution in [0.4, 0.5) is 10.1 Å². The standard InChI is InChI=1S/C22H19FN4O4/c1-13(2)27-21-17(11-24-27)16(10-18(26-21)19-4-3-9-30-19)22(29)31-12-20(28)25-15-7-5-14(23)6-8-15/h3-11,13H,12H2,1-2H3,(H,25,28). The Balaban J connectivity index is 1.58. The van der Waals surface area contributed by atoms with Crippen molar-refractivity contribution in [2.75, 3.05) is 11.9 Å². The van der Waals surface area contributed by atoms with Crippen LogP contribution in [-0.4, -0.2) is 33.2 Å². The third-order valence-electron chi connectivity index (χ3n) is 4.51. The Bertz CT molecular complexity index is 1230. The molecule has 8 nitrogen and oxygen atoms in total. The van der Waals surface area contributed by atoms with E-state index in [9.17, 15) is 14.0 Å². The first-order chi connectivity index (χ1) is 14.9. The number of fused-ring (bicyclic) bond motifs is 1. The number of anilines is 1. The number of pyridine rings is 1. The highest BCUT2D eigenvalue weighted by Crippen LogP contribution is 2.27. The van der Waals surface area contributed by atoms with Crippen LogP contribution in [0.5, 0.6) is 0 Å². The van der Waals surface area contributed by atoms with Gasteiger partial charge >= 0.3 is 5.97 Å². The van der Waals surface area contributed by atoms with Crippen LogP contribution in [0.3, 0.4) is 0 Å². The van der Waals surface area contributed by atoms with E-state index in [2.05, 4.69) is 15.4 Å². The fraction of sp³-hybridized carbons (Fsp3) is 0.182. The van der Waals surface area contributed by atoms with Gasteiger partial charge in [-0.15, -0.1) is 0 Å². The van der Waals surface area contributed by atoms with E-state index in [1.54, 1.807) is 29.1 Å². The van der Waals surface area contributed by atoms with Gasteiger partial charge in [0, 0.05) is 11.7 Å². The van der Waals surface area contributed by atoms with Gasteiger partial charge in [-0.25, -0.2) is 18.9 Å². The number of carbonyl (C=O) groups excluding carboxylic acids is 2. The fourth-order valence-electron chi connectivity index (χ4n) is 3.05. The monoisotopic (exact) mass is 422 g/mol. The Morgan fingerprint density at radius 3 is 2.68 bits per heavy atom. The first-order valence-corrected chi connectivity index (χ1v) is 9.57. The number of nitrogens with zero attached hydrogens (tertiary/aromatic N) is 3. The molecule has 1 amide bonds. The van der Waals surface area contributed by atoms with E-state index in [0.29, 0.717) is 28.2 Å². The van der Waals surface area contributed by atoms with E-state index in [0.717, 1.165) is 0 Å². The lowest BCUT2D eigenvalue weighted by Gasteiger charge is -2.10. The van der Waals surface area contributed by atoms with E-state index in [4.69, 9.17) is 9.15 Å². The largest absolute Gasteiger partial charge is 0.463 e. The number of furan rings is 1. The number of hydrogen-bond donors (Lipinski definition) is 1. The van der Waals surface area contributed by atoms with Gasteiger partial charge in [0.15, 0.2) is 18.0 Å². The number of ether oxygens (including phenoxy) is 1. The number of halogens is 1. The number of amides is 1. The molecule has 0 bridgehead atoms. The van der Waals surface area contributed by atoms with Crippen molar-refractivity contribution in [1.82, 2.24) is 14.8 Å². The summed E-state index contributed by atoms with van der Waals surface area (Å²) in [7, 11) is 0. The lowest BCUT2D eigenvalue weighted by molar-refractivity contribution is -0.119. The van der Waals surface area contributed by atoms with E-state index < -0.39 is 24.3 Å². The number of rotatable bonds is 6. The summed E-state index contributed by atoms with van der Waals surface area (Å²) in [5.74, 6) is -1.17. The smallest absolute Gasteiger partial charge is 0.339 e. The van der Waals surface area contributed by atoms with Gasteiger partial charge < -0.3 is 14.5 Å². The molecule has 1 N–H and O–H groups in total. The molecule has 9 heteroatoms. The maximum atomic E-state index is 13.0. The molecule has 4 aromatic rings. The molecule has 0 fully saturated rings. The molecule has 0 aliphatic rings. The van der Waals surface area contributed by atoms with Crippen LogP contribution in [0.1, 0.15) is 30.2 Å². The number of aromatic nitrogens is 3. The van der Waals surface area contributed by atoms with Crippen molar-refractivity contribution in [3.8, 4) is 11.5 Å². The van der Waals surface area contributed by atoms with Gasteiger partial charge in [0.1, 0.15) is 11.5 Å². The molecule has 3 aromatic heterocycles. The minimum Gasteiger partial charge on any atom is -0.463 e. The fourth-order valence-corrected chi connectivity index (χ4v) is 3.05. The molecule has 0 saturated carbocycles. The molecule has 0 spiro atoms. The van der Waals surface area contributed by atoms with Crippen LogP contribution in [0.2, 0.25) is 0 Å². The zero-order valence-electron chi connectivity index (χ0n) is 16.8.